The molecule has 1 atom stereocenters. The lowest BCUT2D eigenvalue weighted by Gasteiger charge is -2.23. The molecule has 2 aromatic rings. The number of nitrogens with one attached hydrogen (secondary N) is 1. The van der Waals surface area contributed by atoms with Crippen LogP contribution in [0.1, 0.15) is 30.6 Å². The molecule has 0 saturated heterocycles. The first-order chi connectivity index (χ1) is 9.35. The average molecular weight is 278 g/mol. The lowest BCUT2D eigenvalue weighted by Crippen LogP contribution is -2.32. The van der Waals surface area contributed by atoms with E-state index in [2.05, 4.69) is 15.4 Å². The normalized spacial score (nSPS) is 14.2. The fourth-order valence-corrected chi connectivity index (χ4v) is 1.85. The van der Waals surface area contributed by atoms with Crippen LogP contribution in [0.5, 0.6) is 0 Å². The van der Waals surface area contributed by atoms with Crippen molar-refractivity contribution in [3.8, 4) is 0 Å². The average Bonchev–Trinajstić information content (AvgIpc) is 2.78. The van der Waals surface area contributed by atoms with Crippen molar-refractivity contribution in [1.29, 1.82) is 0 Å². The van der Waals surface area contributed by atoms with E-state index in [0.717, 1.165) is 0 Å². The minimum Gasteiger partial charge on any atom is -0.478 e. The van der Waals surface area contributed by atoms with Crippen LogP contribution in [0.25, 0.3) is 11.0 Å². The zero-order chi connectivity index (χ0) is 14.9. The van der Waals surface area contributed by atoms with Crippen LogP contribution in [0.4, 0.5) is 5.69 Å². The number of carboxylic acid groups (broad SMARTS) is 1. The second-order valence-corrected chi connectivity index (χ2v) is 5.06. The van der Waals surface area contributed by atoms with Gasteiger partial charge >= 0.3 is 5.97 Å². The van der Waals surface area contributed by atoms with Crippen molar-refractivity contribution in [2.24, 2.45) is 7.05 Å². The fraction of sp³-hybridized carbons (Fsp3) is 0.462. The number of pyridine rings is 1. The lowest BCUT2D eigenvalue weighted by molar-refractivity contribution is 0.0677. The Morgan fingerprint density at radius 3 is 2.80 bits per heavy atom. The lowest BCUT2D eigenvalue weighted by atomic mass is 10.0. The van der Waals surface area contributed by atoms with Crippen LogP contribution >= 0.6 is 0 Å². The first-order valence-corrected chi connectivity index (χ1v) is 6.36. The Kier molecular flexibility index (Phi) is 3.63. The molecule has 2 rings (SSSR count). The highest BCUT2D eigenvalue weighted by Gasteiger charge is 2.21. The van der Waals surface area contributed by atoms with Crippen molar-refractivity contribution in [3.05, 3.63) is 18.0 Å². The van der Waals surface area contributed by atoms with Gasteiger partial charge in [0.2, 0.25) is 0 Å². The largest absolute Gasteiger partial charge is 0.478 e. The second-order valence-electron chi connectivity index (χ2n) is 5.06. The quantitative estimate of drug-likeness (QED) is 0.760. The molecule has 0 radical (unpaired) electrons. The van der Waals surface area contributed by atoms with Gasteiger partial charge in [-0.25, -0.2) is 9.78 Å². The number of rotatable bonds is 5. The topological polar surface area (TPSA) is 100 Å². The molecule has 1 unspecified atom stereocenters. The number of hydrogen-bond donors (Lipinski definition) is 3. The molecule has 0 fully saturated rings. The van der Waals surface area contributed by atoms with Gasteiger partial charge in [-0.15, -0.1) is 0 Å². The molecular weight excluding hydrogens is 260 g/mol. The third kappa shape index (κ3) is 2.57. The molecule has 0 amide bonds. The Bertz CT molecular complexity index is 648. The second kappa shape index (κ2) is 5.09. The minimum absolute atomic E-state index is 0.0670. The molecule has 0 aromatic carbocycles. The van der Waals surface area contributed by atoms with Gasteiger partial charge in [0.1, 0.15) is 5.56 Å². The number of aliphatic hydroxyl groups is 1. The highest BCUT2D eigenvalue weighted by molar-refractivity contribution is 6.03. The van der Waals surface area contributed by atoms with E-state index in [1.165, 1.54) is 6.20 Å². The summed E-state index contributed by atoms with van der Waals surface area (Å²) in [4.78, 5) is 15.4. The number of aromatic carboxylic acids is 1. The van der Waals surface area contributed by atoms with Crippen molar-refractivity contribution in [2.45, 2.75) is 25.9 Å². The van der Waals surface area contributed by atoms with Crippen LogP contribution in [-0.2, 0) is 7.05 Å². The summed E-state index contributed by atoms with van der Waals surface area (Å²) in [5, 5.41) is 27.0. The molecule has 0 saturated carbocycles. The summed E-state index contributed by atoms with van der Waals surface area (Å²) in [6, 6.07) is 0. The number of aromatic nitrogens is 3. The Balaban J connectivity index is 2.47. The van der Waals surface area contributed by atoms with Crippen LogP contribution in [0.2, 0.25) is 0 Å². The monoisotopic (exact) mass is 278 g/mol. The first-order valence-electron chi connectivity index (χ1n) is 6.36. The van der Waals surface area contributed by atoms with Gasteiger partial charge < -0.3 is 15.5 Å². The van der Waals surface area contributed by atoms with Gasteiger partial charge in [0.05, 0.1) is 22.9 Å². The Morgan fingerprint density at radius 2 is 2.20 bits per heavy atom. The van der Waals surface area contributed by atoms with Crippen LogP contribution in [0, 0.1) is 0 Å². The molecule has 7 nitrogen and oxygen atoms in total. The highest BCUT2D eigenvalue weighted by Crippen LogP contribution is 2.26. The Morgan fingerprint density at radius 1 is 1.50 bits per heavy atom. The van der Waals surface area contributed by atoms with Crippen molar-refractivity contribution < 1.29 is 15.0 Å². The first kappa shape index (κ1) is 14.3. The predicted octanol–water partition coefficient (Wildman–Crippen LogP) is 1.24. The van der Waals surface area contributed by atoms with E-state index in [9.17, 15) is 15.0 Å². The summed E-state index contributed by atoms with van der Waals surface area (Å²) >= 11 is 0. The summed E-state index contributed by atoms with van der Waals surface area (Å²) in [6.45, 7) is 3.81. The van der Waals surface area contributed by atoms with E-state index < -0.39 is 11.6 Å². The van der Waals surface area contributed by atoms with Gasteiger partial charge in [0.15, 0.2) is 5.65 Å². The van der Waals surface area contributed by atoms with Crippen LogP contribution in [-0.4, -0.2) is 43.1 Å². The summed E-state index contributed by atoms with van der Waals surface area (Å²) < 4.78 is 1.57. The van der Waals surface area contributed by atoms with E-state index in [4.69, 9.17) is 0 Å². The van der Waals surface area contributed by atoms with Gasteiger partial charge in [0, 0.05) is 19.8 Å². The molecule has 0 spiro atoms. The van der Waals surface area contributed by atoms with Crippen molar-refractivity contribution in [2.75, 3.05) is 11.9 Å². The van der Waals surface area contributed by atoms with Crippen molar-refractivity contribution in [1.82, 2.24) is 14.8 Å². The zero-order valence-electron chi connectivity index (χ0n) is 11.7. The maximum Gasteiger partial charge on any atom is 0.339 e. The smallest absolute Gasteiger partial charge is 0.339 e. The number of fused-ring (bicyclic) bond motifs is 1. The van der Waals surface area contributed by atoms with Crippen molar-refractivity contribution in [3.63, 3.8) is 0 Å². The number of hydrogen-bond acceptors (Lipinski definition) is 5. The number of anilines is 1. The number of nitrogens with zero attached hydrogens (tertiary/aromatic N) is 3. The summed E-state index contributed by atoms with van der Waals surface area (Å²) in [5.74, 6) is -1.07. The molecule has 7 heteroatoms. The summed E-state index contributed by atoms with van der Waals surface area (Å²) in [7, 11) is 1.74. The van der Waals surface area contributed by atoms with Gasteiger partial charge in [-0.2, -0.15) is 5.10 Å². The zero-order valence-corrected chi connectivity index (χ0v) is 11.7. The molecular formula is C13H18N4O3. The molecule has 20 heavy (non-hydrogen) atoms. The minimum atomic E-state index is -1.07. The Labute approximate surface area is 116 Å². The molecule has 0 bridgehead atoms. The van der Waals surface area contributed by atoms with Gasteiger partial charge in [-0.05, 0) is 13.3 Å². The van der Waals surface area contributed by atoms with Crippen molar-refractivity contribution >= 4 is 22.7 Å². The maximum absolute atomic E-state index is 11.3. The van der Waals surface area contributed by atoms with E-state index in [0.29, 0.717) is 23.1 Å². The number of aryl methyl sites for hydroxylation is 1. The molecule has 0 aliphatic carbocycles. The maximum atomic E-state index is 11.3. The standard InChI is InChI=1S/C13H18N4O3/c1-4-13(2,20)7-15-10-8-6-16-17(3)11(8)14-5-9(10)12(18)19/h5-6,20H,4,7H2,1-3H3,(H,14,15)(H,18,19). The van der Waals surface area contributed by atoms with E-state index in [1.54, 1.807) is 24.9 Å². The van der Waals surface area contributed by atoms with Gasteiger partial charge in [-0.3, -0.25) is 4.68 Å². The number of carbonyl (C=O) groups is 1. The SMILES string of the molecule is CCC(C)(O)CNc1c(C(=O)O)cnc2c1cnn2C. The van der Waals surface area contributed by atoms with E-state index in [-0.39, 0.29) is 12.1 Å². The summed E-state index contributed by atoms with van der Waals surface area (Å²) in [6.07, 6.45) is 3.43. The molecule has 108 valence electrons. The van der Waals surface area contributed by atoms with E-state index in [1.807, 2.05) is 6.92 Å². The third-order valence-corrected chi connectivity index (χ3v) is 3.40. The summed E-state index contributed by atoms with van der Waals surface area (Å²) in [5.41, 5.74) is 0.184. The number of carboxylic acids is 1. The predicted molar refractivity (Wildman–Crippen MR) is 74.9 cm³/mol. The van der Waals surface area contributed by atoms with Crippen LogP contribution in [0.15, 0.2) is 12.4 Å². The van der Waals surface area contributed by atoms with Gasteiger partial charge in [0.25, 0.3) is 0 Å². The molecule has 0 aliphatic rings. The highest BCUT2D eigenvalue weighted by atomic mass is 16.4. The third-order valence-electron chi connectivity index (χ3n) is 3.40. The molecule has 2 heterocycles. The van der Waals surface area contributed by atoms with Crippen LogP contribution in [0.3, 0.4) is 0 Å². The molecule has 0 aliphatic heterocycles. The molecule has 2 aromatic heterocycles. The fourth-order valence-electron chi connectivity index (χ4n) is 1.85. The van der Waals surface area contributed by atoms with E-state index >= 15 is 0 Å². The Hall–Kier alpha value is -2.15. The van der Waals surface area contributed by atoms with Crippen LogP contribution < -0.4 is 5.32 Å². The molecule has 3 N–H and O–H groups in total. The van der Waals surface area contributed by atoms with Gasteiger partial charge in [-0.1, -0.05) is 6.92 Å².